The van der Waals surface area contributed by atoms with Gasteiger partial charge in [0.2, 0.25) is 5.91 Å². The molecule has 2 aliphatic heterocycles. The fraction of sp³-hybridized carbons (Fsp3) is 0.818. The summed E-state index contributed by atoms with van der Waals surface area (Å²) in [5.41, 5.74) is -0.820. The largest absolute Gasteiger partial charge is 0.348 e. The molecule has 2 bridgehead atoms. The molecule has 5 heteroatoms. The van der Waals surface area contributed by atoms with Crippen molar-refractivity contribution in [2.75, 3.05) is 6.61 Å². The summed E-state index contributed by atoms with van der Waals surface area (Å²) in [6.45, 7) is 5.71. The van der Waals surface area contributed by atoms with Crippen molar-refractivity contribution in [3.05, 3.63) is 0 Å². The van der Waals surface area contributed by atoms with Crippen LogP contribution in [0.3, 0.4) is 0 Å². The van der Waals surface area contributed by atoms with Gasteiger partial charge in [0.05, 0.1) is 12.6 Å². The average Bonchev–Trinajstić information content (AvgIpc) is 2.65. The second-order valence-electron chi connectivity index (χ2n) is 4.74. The van der Waals surface area contributed by atoms with Crippen molar-refractivity contribution < 1.29 is 19.1 Å². The van der Waals surface area contributed by atoms with Crippen LogP contribution >= 0.6 is 0 Å². The van der Waals surface area contributed by atoms with E-state index in [2.05, 4.69) is 5.32 Å². The maximum Gasteiger partial charge on any atom is 0.217 e. The topological polar surface area (TPSA) is 64.6 Å². The van der Waals surface area contributed by atoms with Crippen LogP contribution in [0, 0.1) is 11.8 Å². The number of hydrogen-bond acceptors (Lipinski definition) is 4. The molecule has 0 aliphatic carbocycles. The van der Waals surface area contributed by atoms with Crippen LogP contribution in [0.25, 0.3) is 0 Å². The molecule has 1 amide bonds. The zero-order valence-corrected chi connectivity index (χ0v) is 9.73. The van der Waals surface area contributed by atoms with Crippen molar-refractivity contribution in [1.29, 1.82) is 0 Å². The molecule has 0 aromatic carbocycles. The van der Waals surface area contributed by atoms with Gasteiger partial charge in [-0.15, -0.1) is 0 Å². The molecule has 0 radical (unpaired) electrons. The summed E-state index contributed by atoms with van der Waals surface area (Å²) in [6.07, 6.45) is 0.332. The van der Waals surface area contributed by atoms with Gasteiger partial charge < -0.3 is 19.6 Å². The molecule has 0 unspecified atom stereocenters. The summed E-state index contributed by atoms with van der Waals surface area (Å²) in [7, 11) is 0. The van der Waals surface area contributed by atoms with Gasteiger partial charge in [-0.1, -0.05) is 13.8 Å². The lowest BCUT2D eigenvalue weighted by Gasteiger charge is -2.42. The molecule has 0 aromatic heterocycles. The van der Waals surface area contributed by atoms with Crippen LogP contribution in [0.4, 0.5) is 0 Å². The lowest BCUT2D eigenvalue weighted by molar-refractivity contribution is -0.179. The van der Waals surface area contributed by atoms with Gasteiger partial charge in [-0.3, -0.25) is 4.79 Å². The first-order chi connectivity index (χ1) is 7.50. The molecule has 5 nitrogen and oxygen atoms in total. The Balaban J connectivity index is 2.22. The van der Waals surface area contributed by atoms with Gasteiger partial charge >= 0.3 is 0 Å². The number of rotatable bonds is 2. The summed E-state index contributed by atoms with van der Waals surface area (Å²) in [5, 5.41) is 2.83. The number of ether oxygens (including phenoxy) is 2. The van der Waals surface area contributed by atoms with E-state index in [0.29, 0.717) is 0 Å². The Morgan fingerprint density at radius 2 is 2.19 bits per heavy atom. The molecule has 90 valence electrons. The highest BCUT2D eigenvalue weighted by Gasteiger charge is 2.56. The summed E-state index contributed by atoms with van der Waals surface area (Å²) < 4.78 is 11.1. The van der Waals surface area contributed by atoms with Gasteiger partial charge in [0.25, 0.3) is 0 Å². The smallest absolute Gasteiger partial charge is 0.217 e. The van der Waals surface area contributed by atoms with Crippen LogP contribution in [-0.4, -0.2) is 36.7 Å². The molecule has 2 aliphatic rings. The first kappa shape index (κ1) is 11.5. The molecule has 5 atom stereocenters. The van der Waals surface area contributed by atoms with E-state index in [9.17, 15) is 9.59 Å². The van der Waals surface area contributed by atoms with Crippen molar-refractivity contribution in [3.8, 4) is 0 Å². The second-order valence-corrected chi connectivity index (χ2v) is 4.74. The monoisotopic (exact) mass is 227 g/mol. The molecule has 0 saturated carbocycles. The van der Waals surface area contributed by atoms with Gasteiger partial charge in [-0.2, -0.15) is 0 Å². The molecule has 2 saturated heterocycles. The van der Waals surface area contributed by atoms with E-state index in [-0.39, 0.29) is 30.4 Å². The second kappa shape index (κ2) is 3.82. The fourth-order valence-corrected chi connectivity index (χ4v) is 2.52. The quantitative estimate of drug-likeness (QED) is 0.679. The predicted octanol–water partition coefficient (Wildman–Crippen LogP) is 0.0875. The number of carbonyl (C=O) groups excluding carboxylic acids is 2. The highest BCUT2D eigenvalue weighted by molar-refractivity contribution is 5.73. The third-order valence-electron chi connectivity index (χ3n) is 3.80. The highest BCUT2D eigenvalue weighted by Crippen LogP contribution is 2.42. The average molecular weight is 227 g/mol. The molecule has 0 spiro atoms. The van der Waals surface area contributed by atoms with Crippen LogP contribution in [0.5, 0.6) is 0 Å². The molecular weight excluding hydrogens is 210 g/mol. The third kappa shape index (κ3) is 1.55. The molecule has 0 aromatic rings. The van der Waals surface area contributed by atoms with Crippen molar-refractivity contribution in [2.45, 2.75) is 38.7 Å². The maximum atomic E-state index is 11.1. The fourth-order valence-electron chi connectivity index (χ4n) is 2.52. The molecule has 2 heterocycles. The zero-order valence-electron chi connectivity index (χ0n) is 9.73. The van der Waals surface area contributed by atoms with Gasteiger partial charge in [0, 0.05) is 6.92 Å². The van der Waals surface area contributed by atoms with Crippen molar-refractivity contribution in [3.63, 3.8) is 0 Å². The van der Waals surface area contributed by atoms with E-state index < -0.39 is 11.9 Å². The summed E-state index contributed by atoms with van der Waals surface area (Å²) in [5.74, 6) is 0.0673. The normalized spacial score (nSPS) is 46.4. The van der Waals surface area contributed by atoms with E-state index in [1.165, 1.54) is 6.92 Å². The lowest BCUT2D eigenvalue weighted by atomic mass is 9.76. The SMILES string of the molecule is CC(=O)N[C@H]1[C@H]2OC[C@](C=O)(O2)[C@H](C)[C@@H]1C. The minimum Gasteiger partial charge on any atom is -0.348 e. The first-order valence-corrected chi connectivity index (χ1v) is 5.53. The number of carbonyl (C=O) groups is 2. The standard InChI is InChI=1S/C11H17NO4/c1-6-7(2)11(4-13)5-15-10(16-11)9(6)12-8(3)14/h4,6-7,9-10H,5H2,1-3H3,(H,12,14)/t6-,7+,9+,10-,11-/m0/s1. The zero-order chi connectivity index (χ0) is 11.9. The minimum absolute atomic E-state index is 0.0283. The number of aldehydes is 1. The highest BCUT2D eigenvalue weighted by atomic mass is 16.7. The Morgan fingerprint density at radius 1 is 1.50 bits per heavy atom. The Bertz CT molecular complexity index is 319. The Hall–Kier alpha value is -0.940. The Kier molecular flexibility index (Phi) is 2.75. The summed E-state index contributed by atoms with van der Waals surface area (Å²) >= 11 is 0. The van der Waals surface area contributed by atoms with Crippen LogP contribution in [-0.2, 0) is 19.1 Å². The van der Waals surface area contributed by atoms with Crippen LogP contribution in [0.15, 0.2) is 0 Å². The van der Waals surface area contributed by atoms with E-state index in [4.69, 9.17) is 9.47 Å². The van der Waals surface area contributed by atoms with E-state index >= 15 is 0 Å². The van der Waals surface area contributed by atoms with Crippen LogP contribution in [0.2, 0.25) is 0 Å². The van der Waals surface area contributed by atoms with Gasteiger partial charge in [0.15, 0.2) is 18.2 Å². The molecule has 1 N–H and O–H groups in total. The van der Waals surface area contributed by atoms with Crippen LogP contribution in [0.1, 0.15) is 20.8 Å². The van der Waals surface area contributed by atoms with Gasteiger partial charge in [-0.05, 0) is 11.8 Å². The van der Waals surface area contributed by atoms with Gasteiger partial charge in [-0.25, -0.2) is 0 Å². The molecule has 2 rings (SSSR count). The lowest BCUT2D eigenvalue weighted by Crippen LogP contribution is -2.58. The first-order valence-electron chi connectivity index (χ1n) is 5.53. The number of fused-ring (bicyclic) bond motifs is 2. The Morgan fingerprint density at radius 3 is 2.75 bits per heavy atom. The molecule has 16 heavy (non-hydrogen) atoms. The number of hydrogen-bond donors (Lipinski definition) is 1. The maximum absolute atomic E-state index is 11.1. The molecule has 2 fully saturated rings. The van der Waals surface area contributed by atoms with Crippen molar-refractivity contribution >= 4 is 12.2 Å². The van der Waals surface area contributed by atoms with Crippen molar-refractivity contribution in [1.82, 2.24) is 5.32 Å². The molecular formula is C11H17NO4. The number of amides is 1. The van der Waals surface area contributed by atoms with Gasteiger partial charge in [0.1, 0.15) is 0 Å². The van der Waals surface area contributed by atoms with Crippen LogP contribution < -0.4 is 5.32 Å². The minimum atomic E-state index is -0.820. The number of nitrogens with one attached hydrogen (secondary N) is 1. The third-order valence-corrected chi connectivity index (χ3v) is 3.80. The summed E-state index contributed by atoms with van der Waals surface area (Å²) in [4.78, 5) is 22.2. The Labute approximate surface area is 94.5 Å². The van der Waals surface area contributed by atoms with E-state index in [0.717, 1.165) is 6.29 Å². The predicted molar refractivity (Wildman–Crippen MR) is 55.6 cm³/mol. The van der Waals surface area contributed by atoms with Crippen molar-refractivity contribution in [2.24, 2.45) is 11.8 Å². The van der Waals surface area contributed by atoms with E-state index in [1.54, 1.807) is 0 Å². The van der Waals surface area contributed by atoms with E-state index in [1.807, 2.05) is 13.8 Å². The summed E-state index contributed by atoms with van der Waals surface area (Å²) in [6, 6.07) is -0.178.